The van der Waals surface area contributed by atoms with Gasteiger partial charge in [-0.3, -0.25) is 0 Å². The molecule has 0 aliphatic rings. The van der Waals surface area contributed by atoms with Gasteiger partial charge in [-0.15, -0.1) is 0 Å². The predicted molar refractivity (Wildman–Crippen MR) is 73.0 cm³/mol. The maximum atomic E-state index is 4.42. The van der Waals surface area contributed by atoms with E-state index < -0.39 is 0 Å². The highest BCUT2D eigenvalue weighted by Gasteiger charge is 2.12. The van der Waals surface area contributed by atoms with E-state index in [0.29, 0.717) is 0 Å². The summed E-state index contributed by atoms with van der Waals surface area (Å²) >= 11 is 0. The molecule has 3 heteroatoms. The molecule has 98 valence electrons. The molecule has 17 heavy (non-hydrogen) atoms. The third-order valence-corrected chi connectivity index (χ3v) is 2.87. The lowest BCUT2D eigenvalue weighted by Gasteiger charge is -2.21. The summed E-state index contributed by atoms with van der Waals surface area (Å²) in [6.07, 6.45) is 3.20. The summed E-state index contributed by atoms with van der Waals surface area (Å²) in [5, 5.41) is 3.52. The van der Waals surface area contributed by atoms with Crippen LogP contribution >= 0.6 is 0 Å². The normalized spacial score (nSPS) is 12.4. The lowest BCUT2D eigenvalue weighted by Crippen LogP contribution is -2.35. The smallest absolute Gasteiger partial charge is 0.105 e. The van der Waals surface area contributed by atoms with E-state index in [1.165, 1.54) is 12.1 Å². The van der Waals surface area contributed by atoms with Gasteiger partial charge in [0, 0.05) is 24.8 Å². The maximum Gasteiger partial charge on any atom is 0.105 e. The van der Waals surface area contributed by atoms with Crippen molar-refractivity contribution in [2.24, 2.45) is 5.92 Å². The largest absolute Gasteiger partial charge is 0.331 e. The van der Waals surface area contributed by atoms with Gasteiger partial charge in [-0.2, -0.15) is 0 Å². The Bertz CT molecular complexity index is 345. The molecule has 1 aromatic heterocycles. The Morgan fingerprint density at radius 1 is 1.35 bits per heavy atom. The summed E-state index contributed by atoms with van der Waals surface area (Å²) in [5.41, 5.74) is 1.44. The molecule has 0 atom stereocenters. The molecule has 0 amide bonds. The molecular weight excluding hydrogens is 210 g/mol. The van der Waals surface area contributed by atoms with Crippen LogP contribution < -0.4 is 5.32 Å². The average Bonchev–Trinajstić information content (AvgIpc) is 2.52. The third kappa shape index (κ3) is 4.90. The van der Waals surface area contributed by atoms with E-state index in [-0.39, 0.29) is 5.54 Å². The molecule has 0 aliphatic carbocycles. The second-order valence-electron chi connectivity index (χ2n) is 6.23. The highest BCUT2D eigenvalue weighted by Crippen LogP contribution is 2.11. The summed E-state index contributed by atoms with van der Waals surface area (Å²) in [4.78, 5) is 4.42. The van der Waals surface area contributed by atoms with Crippen molar-refractivity contribution in [3.63, 3.8) is 0 Å². The van der Waals surface area contributed by atoms with Crippen molar-refractivity contribution in [3.05, 3.63) is 17.7 Å². The molecule has 1 aromatic rings. The van der Waals surface area contributed by atoms with E-state index >= 15 is 0 Å². The molecule has 0 radical (unpaired) electrons. The van der Waals surface area contributed by atoms with Crippen molar-refractivity contribution < 1.29 is 0 Å². The van der Waals surface area contributed by atoms with E-state index in [0.717, 1.165) is 24.8 Å². The van der Waals surface area contributed by atoms with E-state index in [1.807, 2.05) is 6.20 Å². The second kappa shape index (κ2) is 5.67. The fourth-order valence-electron chi connectivity index (χ4n) is 1.70. The molecule has 0 aliphatic heterocycles. The standard InChI is InChI=1S/C14H27N3/c1-11(2)7-8-17-12(3)15-9-13(17)10-16-14(4,5)6/h9,11,16H,7-8,10H2,1-6H3. The average molecular weight is 237 g/mol. The van der Waals surface area contributed by atoms with Gasteiger partial charge in [0.05, 0.1) is 5.69 Å². The van der Waals surface area contributed by atoms with Crippen molar-refractivity contribution >= 4 is 0 Å². The Balaban J connectivity index is 2.66. The van der Waals surface area contributed by atoms with Gasteiger partial charge in [0.2, 0.25) is 0 Å². The molecule has 3 nitrogen and oxygen atoms in total. The molecule has 0 saturated carbocycles. The van der Waals surface area contributed by atoms with Crippen molar-refractivity contribution in [3.8, 4) is 0 Å². The highest BCUT2D eigenvalue weighted by atomic mass is 15.1. The molecule has 1 rings (SSSR count). The minimum absolute atomic E-state index is 0.154. The van der Waals surface area contributed by atoms with Crippen LogP contribution in [0.3, 0.4) is 0 Å². The first-order chi connectivity index (χ1) is 7.79. The quantitative estimate of drug-likeness (QED) is 0.852. The maximum absolute atomic E-state index is 4.42. The number of imidazole rings is 1. The number of aryl methyl sites for hydroxylation is 1. The lowest BCUT2D eigenvalue weighted by molar-refractivity contribution is 0.410. The number of hydrogen-bond acceptors (Lipinski definition) is 2. The number of rotatable bonds is 5. The molecule has 1 heterocycles. The van der Waals surface area contributed by atoms with Gasteiger partial charge in [-0.25, -0.2) is 4.98 Å². The van der Waals surface area contributed by atoms with Gasteiger partial charge >= 0.3 is 0 Å². The highest BCUT2D eigenvalue weighted by molar-refractivity contribution is 5.04. The van der Waals surface area contributed by atoms with Gasteiger partial charge in [-0.05, 0) is 40.0 Å². The molecule has 0 bridgehead atoms. The van der Waals surface area contributed by atoms with Crippen LogP contribution in [0.1, 0.15) is 52.6 Å². The van der Waals surface area contributed by atoms with Gasteiger partial charge < -0.3 is 9.88 Å². The topological polar surface area (TPSA) is 29.9 Å². The van der Waals surface area contributed by atoms with Crippen LogP contribution in [0.5, 0.6) is 0 Å². The Hall–Kier alpha value is -0.830. The summed E-state index contributed by atoms with van der Waals surface area (Å²) in [7, 11) is 0. The zero-order valence-electron chi connectivity index (χ0n) is 12.2. The van der Waals surface area contributed by atoms with Crippen molar-refractivity contribution in [2.45, 2.75) is 66.6 Å². The summed E-state index contributed by atoms with van der Waals surface area (Å²) in [6, 6.07) is 0. The molecule has 0 unspecified atom stereocenters. The zero-order valence-corrected chi connectivity index (χ0v) is 12.2. The monoisotopic (exact) mass is 237 g/mol. The van der Waals surface area contributed by atoms with Crippen LogP contribution in [0.2, 0.25) is 0 Å². The molecule has 0 fully saturated rings. The first-order valence-corrected chi connectivity index (χ1v) is 6.55. The number of aromatic nitrogens is 2. The summed E-state index contributed by atoms with van der Waals surface area (Å²) in [5.74, 6) is 1.86. The second-order valence-corrected chi connectivity index (χ2v) is 6.23. The molecular formula is C14H27N3. The number of nitrogens with zero attached hydrogens (tertiary/aromatic N) is 2. The molecule has 0 saturated heterocycles. The predicted octanol–water partition coefficient (Wildman–Crippen LogP) is 3.13. The van der Waals surface area contributed by atoms with Crippen molar-refractivity contribution in [1.29, 1.82) is 0 Å². The van der Waals surface area contributed by atoms with Crippen LogP contribution in [0.25, 0.3) is 0 Å². The van der Waals surface area contributed by atoms with Crippen LogP contribution in [0.15, 0.2) is 6.20 Å². The number of hydrogen-bond donors (Lipinski definition) is 1. The molecule has 1 N–H and O–H groups in total. The zero-order chi connectivity index (χ0) is 13.1. The fourth-order valence-corrected chi connectivity index (χ4v) is 1.70. The minimum Gasteiger partial charge on any atom is -0.331 e. The van der Waals surface area contributed by atoms with Crippen LogP contribution in [-0.4, -0.2) is 15.1 Å². The Morgan fingerprint density at radius 3 is 2.53 bits per heavy atom. The number of nitrogens with one attached hydrogen (secondary N) is 1. The van der Waals surface area contributed by atoms with Crippen LogP contribution in [0, 0.1) is 12.8 Å². The third-order valence-electron chi connectivity index (χ3n) is 2.87. The summed E-state index contributed by atoms with van der Waals surface area (Å²) in [6.45, 7) is 15.1. The molecule has 0 aromatic carbocycles. The Labute approximate surface area is 106 Å². The Morgan fingerprint density at radius 2 is 2.00 bits per heavy atom. The van der Waals surface area contributed by atoms with Crippen molar-refractivity contribution in [2.75, 3.05) is 0 Å². The van der Waals surface area contributed by atoms with E-state index in [4.69, 9.17) is 0 Å². The van der Waals surface area contributed by atoms with Gasteiger partial charge in [0.25, 0.3) is 0 Å². The van der Waals surface area contributed by atoms with E-state index in [1.54, 1.807) is 0 Å². The molecule has 0 spiro atoms. The SMILES string of the molecule is Cc1ncc(CNC(C)(C)C)n1CCC(C)C. The van der Waals surface area contributed by atoms with Gasteiger partial charge in [-0.1, -0.05) is 13.8 Å². The fraction of sp³-hybridized carbons (Fsp3) is 0.786. The van der Waals surface area contributed by atoms with Gasteiger partial charge in [0.1, 0.15) is 5.82 Å². The minimum atomic E-state index is 0.154. The summed E-state index contributed by atoms with van der Waals surface area (Å²) < 4.78 is 2.33. The first kappa shape index (κ1) is 14.2. The van der Waals surface area contributed by atoms with Crippen LogP contribution in [-0.2, 0) is 13.1 Å². The Kier molecular flexibility index (Phi) is 4.75. The van der Waals surface area contributed by atoms with E-state index in [9.17, 15) is 0 Å². The van der Waals surface area contributed by atoms with Gasteiger partial charge in [0.15, 0.2) is 0 Å². The van der Waals surface area contributed by atoms with E-state index in [2.05, 4.69) is 56.4 Å². The first-order valence-electron chi connectivity index (χ1n) is 6.55. The lowest BCUT2D eigenvalue weighted by atomic mass is 10.1. The van der Waals surface area contributed by atoms with Crippen LogP contribution in [0.4, 0.5) is 0 Å². The van der Waals surface area contributed by atoms with Crippen molar-refractivity contribution in [1.82, 2.24) is 14.9 Å².